The zero-order chi connectivity index (χ0) is 20.4. The highest BCUT2D eigenvalue weighted by molar-refractivity contribution is 7.82. The maximum atomic E-state index is 6.50. The van der Waals surface area contributed by atoms with Crippen molar-refractivity contribution in [1.82, 2.24) is 10.4 Å². The molecule has 1 atom stereocenters. The van der Waals surface area contributed by atoms with Gasteiger partial charge in [0.15, 0.2) is 0 Å². The summed E-state index contributed by atoms with van der Waals surface area (Å²) in [5.74, 6) is 0. The largest absolute Gasteiger partial charge is 0.308 e. The van der Waals surface area contributed by atoms with Gasteiger partial charge in [-0.2, -0.15) is 5.10 Å². The van der Waals surface area contributed by atoms with Crippen LogP contribution in [-0.2, 0) is 0 Å². The molecule has 1 fully saturated rings. The molecule has 0 amide bonds. The minimum atomic E-state index is -0.0259. The van der Waals surface area contributed by atoms with Gasteiger partial charge >= 0.3 is 0 Å². The van der Waals surface area contributed by atoms with E-state index in [1.54, 1.807) is 6.07 Å². The second-order valence-electron chi connectivity index (χ2n) is 7.25. The van der Waals surface area contributed by atoms with Crippen LogP contribution in [0.4, 0.5) is 5.69 Å². The number of nitrogens with one attached hydrogen (secondary N) is 1. The second-order valence-corrected chi connectivity index (χ2v) is 8.94. The van der Waals surface area contributed by atoms with Crippen molar-refractivity contribution in [3.05, 3.63) is 63.1 Å². The van der Waals surface area contributed by atoms with Gasteiger partial charge in [-0.15, -0.1) is 0 Å². The van der Waals surface area contributed by atoms with Crippen molar-refractivity contribution in [2.24, 2.45) is 5.10 Å². The van der Waals surface area contributed by atoms with Gasteiger partial charge in [-0.05, 0) is 48.7 Å². The van der Waals surface area contributed by atoms with E-state index in [1.165, 1.54) is 19.3 Å². The van der Waals surface area contributed by atoms with Crippen LogP contribution in [0.1, 0.15) is 37.3 Å². The Labute approximate surface area is 191 Å². The average Bonchev–Trinajstić information content (AvgIpc) is 3.14. The molecule has 2 heterocycles. The molecule has 4 rings (SSSR count). The fourth-order valence-corrected chi connectivity index (χ4v) is 4.57. The van der Waals surface area contributed by atoms with Crippen LogP contribution in [0.15, 0.2) is 47.6 Å². The Morgan fingerprint density at radius 2 is 1.66 bits per heavy atom. The number of piperidine rings is 1. The first kappa shape index (κ1) is 20.9. The number of hydrogen-bond acceptors (Lipinski definition) is 4. The molecule has 2 aromatic rings. The minimum Gasteiger partial charge on any atom is -0.308 e. The summed E-state index contributed by atoms with van der Waals surface area (Å²) in [7, 11) is 0. The van der Waals surface area contributed by atoms with E-state index in [9.17, 15) is 0 Å². The molecule has 2 aliphatic heterocycles. The SMILES string of the molecule is S=C(NN1CCCCC1)C1=NN(c2ccc(Cl)cc2Cl)C(c2ccc(Cl)cc2)C1. The lowest BCUT2D eigenvalue weighted by atomic mass is 10.0. The molecule has 152 valence electrons. The van der Waals surface area contributed by atoms with Crippen molar-refractivity contribution >= 4 is 63.4 Å². The van der Waals surface area contributed by atoms with Gasteiger partial charge in [0.2, 0.25) is 0 Å². The highest BCUT2D eigenvalue weighted by Crippen LogP contribution is 2.40. The Balaban J connectivity index is 1.62. The number of nitrogens with zero attached hydrogens (tertiary/aromatic N) is 3. The van der Waals surface area contributed by atoms with Crippen molar-refractivity contribution in [1.29, 1.82) is 0 Å². The minimum absolute atomic E-state index is 0.0259. The van der Waals surface area contributed by atoms with Crippen molar-refractivity contribution < 1.29 is 0 Å². The first-order valence-corrected chi connectivity index (χ1v) is 11.2. The summed E-state index contributed by atoms with van der Waals surface area (Å²) in [4.78, 5) is 0.665. The summed E-state index contributed by atoms with van der Waals surface area (Å²) >= 11 is 24.4. The number of hydrazine groups is 1. The maximum Gasteiger partial charge on any atom is 0.137 e. The zero-order valence-corrected chi connectivity index (χ0v) is 18.8. The van der Waals surface area contributed by atoms with Crippen LogP contribution in [0, 0.1) is 0 Å². The Morgan fingerprint density at radius 3 is 2.34 bits per heavy atom. The summed E-state index contributed by atoms with van der Waals surface area (Å²) in [5, 5.41) is 10.8. The smallest absolute Gasteiger partial charge is 0.137 e. The summed E-state index contributed by atoms with van der Waals surface area (Å²) in [6.45, 7) is 2.00. The first-order chi connectivity index (χ1) is 14.0. The molecule has 0 aliphatic carbocycles. The molecular weight excluding hydrogens is 447 g/mol. The molecule has 1 saturated heterocycles. The fourth-order valence-electron chi connectivity index (χ4n) is 3.69. The summed E-state index contributed by atoms with van der Waals surface area (Å²) in [6, 6.07) is 13.2. The lowest BCUT2D eigenvalue weighted by Crippen LogP contribution is -2.46. The molecule has 0 radical (unpaired) electrons. The number of hydrogen-bond donors (Lipinski definition) is 1. The maximum absolute atomic E-state index is 6.50. The number of hydrazone groups is 1. The molecular formula is C21H21Cl3N4S. The topological polar surface area (TPSA) is 30.9 Å². The average molecular weight is 468 g/mol. The Morgan fingerprint density at radius 1 is 0.966 bits per heavy atom. The molecule has 2 aliphatic rings. The molecule has 2 aromatic carbocycles. The zero-order valence-electron chi connectivity index (χ0n) is 15.7. The van der Waals surface area contributed by atoms with E-state index in [0.29, 0.717) is 26.5 Å². The lowest BCUT2D eigenvalue weighted by molar-refractivity contribution is 0.197. The molecule has 29 heavy (non-hydrogen) atoms. The van der Waals surface area contributed by atoms with Crippen LogP contribution >= 0.6 is 47.0 Å². The molecule has 0 aromatic heterocycles. The predicted octanol–water partition coefficient (Wildman–Crippen LogP) is 6.27. The number of benzene rings is 2. The molecule has 1 unspecified atom stereocenters. The highest BCUT2D eigenvalue weighted by atomic mass is 35.5. The number of thiocarbonyl (C=S) groups is 1. The third-order valence-electron chi connectivity index (χ3n) is 5.20. The van der Waals surface area contributed by atoms with Crippen LogP contribution in [0.3, 0.4) is 0 Å². The third-order valence-corrected chi connectivity index (χ3v) is 6.32. The van der Waals surface area contributed by atoms with Crippen molar-refractivity contribution in [2.45, 2.75) is 31.7 Å². The first-order valence-electron chi connectivity index (χ1n) is 9.64. The van der Waals surface area contributed by atoms with E-state index >= 15 is 0 Å². The Hall–Kier alpha value is -1.37. The normalized spacial score (nSPS) is 19.9. The predicted molar refractivity (Wildman–Crippen MR) is 126 cm³/mol. The Bertz CT molecular complexity index is 926. The van der Waals surface area contributed by atoms with Crippen molar-refractivity contribution in [3.63, 3.8) is 0 Å². The standard InChI is InChI=1S/C21H21Cl3N4S/c22-15-6-4-14(5-7-15)20-13-18(21(29)26-27-10-2-1-3-11-27)25-28(20)19-9-8-16(23)12-17(19)24/h4-9,12,20H,1-3,10-11,13H2,(H,26,29). The van der Waals surface area contributed by atoms with Crippen LogP contribution in [0.5, 0.6) is 0 Å². The van der Waals surface area contributed by atoms with E-state index in [0.717, 1.165) is 30.1 Å². The molecule has 8 heteroatoms. The second kappa shape index (κ2) is 9.19. The van der Waals surface area contributed by atoms with E-state index in [4.69, 9.17) is 52.1 Å². The molecule has 1 N–H and O–H groups in total. The van der Waals surface area contributed by atoms with Gasteiger partial charge in [-0.3, -0.25) is 5.01 Å². The van der Waals surface area contributed by atoms with E-state index in [1.807, 2.05) is 41.4 Å². The monoisotopic (exact) mass is 466 g/mol. The van der Waals surface area contributed by atoms with E-state index in [2.05, 4.69) is 10.4 Å². The van der Waals surface area contributed by atoms with E-state index < -0.39 is 0 Å². The van der Waals surface area contributed by atoms with Gasteiger partial charge in [-0.25, -0.2) is 5.01 Å². The summed E-state index contributed by atoms with van der Waals surface area (Å²) < 4.78 is 0. The van der Waals surface area contributed by atoms with Crippen LogP contribution < -0.4 is 10.4 Å². The van der Waals surface area contributed by atoms with Crippen LogP contribution in [0.2, 0.25) is 15.1 Å². The van der Waals surface area contributed by atoms with Crippen LogP contribution in [0.25, 0.3) is 0 Å². The summed E-state index contributed by atoms with van der Waals surface area (Å²) in [5.41, 5.74) is 6.11. The van der Waals surface area contributed by atoms with Gasteiger partial charge < -0.3 is 5.43 Å². The van der Waals surface area contributed by atoms with Crippen LogP contribution in [-0.4, -0.2) is 28.8 Å². The van der Waals surface area contributed by atoms with Gasteiger partial charge in [0.1, 0.15) is 4.99 Å². The molecule has 0 bridgehead atoms. The van der Waals surface area contributed by atoms with Crippen molar-refractivity contribution in [3.8, 4) is 0 Å². The quantitative estimate of drug-likeness (QED) is 0.537. The third kappa shape index (κ3) is 4.86. The Kier molecular flexibility index (Phi) is 6.62. The molecule has 0 saturated carbocycles. The molecule has 4 nitrogen and oxygen atoms in total. The van der Waals surface area contributed by atoms with Gasteiger partial charge in [0.25, 0.3) is 0 Å². The molecule has 0 spiro atoms. The van der Waals surface area contributed by atoms with Gasteiger partial charge in [0, 0.05) is 29.6 Å². The fraction of sp³-hybridized carbons (Fsp3) is 0.333. The van der Waals surface area contributed by atoms with E-state index in [-0.39, 0.29) is 6.04 Å². The number of halogens is 3. The van der Waals surface area contributed by atoms with Gasteiger partial charge in [0.05, 0.1) is 22.5 Å². The highest BCUT2D eigenvalue weighted by Gasteiger charge is 2.32. The number of anilines is 1. The lowest BCUT2D eigenvalue weighted by Gasteiger charge is -2.27. The number of rotatable bonds is 4. The summed E-state index contributed by atoms with van der Waals surface area (Å²) in [6.07, 6.45) is 4.32. The van der Waals surface area contributed by atoms with Gasteiger partial charge in [-0.1, -0.05) is 65.6 Å². The van der Waals surface area contributed by atoms with Crippen molar-refractivity contribution in [2.75, 3.05) is 18.1 Å².